The number of H-pyrrole nitrogens is 2. The van der Waals surface area contributed by atoms with Gasteiger partial charge in [0.25, 0.3) is 4.77 Å². The molecule has 1 aliphatic rings. The number of ketones is 1. The number of aliphatic hydroxyl groups excluding tert-OH is 2. The monoisotopic (exact) mass is 1110 g/mol. The minimum atomic E-state index is -0.188. The van der Waals surface area contributed by atoms with Gasteiger partial charge in [-0.05, 0) is 102 Å². The van der Waals surface area contributed by atoms with Gasteiger partial charge in [0.1, 0.15) is 6.20 Å². The van der Waals surface area contributed by atoms with E-state index in [4.69, 9.17) is 27.2 Å². The minimum absolute atomic E-state index is 0.00706. The molecule has 0 unspecified atom stereocenters. The van der Waals surface area contributed by atoms with Gasteiger partial charge >= 0.3 is 11.3 Å². The lowest BCUT2D eigenvalue weighted by atomic mass is 9.78. The third-order valence-corrected chi connectivity index (χ3v) is 16.0. The second kappa shape index (κ2) is 23.9. The van der Waals surface area contributed by atoms with Gasteiger partial charge in [0, 0.05) is 81.9 Å². The highest BCUT2D eigenvalue weighted by Gasteiger charge is 2.32. The van der Waals surface area contributed by atoms with Crippen LogP contribution in [-0.4, -0.2) is 69.7 Å². The number of aliphatic hydroxyl groups is 2. The minimum Gasteiger partial charge on any atom is -0.392 e. The summed E-state index contributed by atoms with van der Waals surface area (Å²) in [4.78, 5) is 53.9. The number of carbonyl (C=O) groups is 1. The molecule has 0 atom stereocenters. The number of carbonyl (C=O) groups excluding carboxylic acids is 1. The van der Waals surface area contributed by atoms with Crippen LogP contribution < -0.4 is 25.7 Å². The number of nitrogens with one attached hydrogen (secondary N) is 4. The summed E-state index contributed by atoms with van der Waals surface area (Å²) in [5.74, 6) is 2.18. The second-order valence-electron chi connectivity index (χ2n) is 19.9. The highest BCUT2D eigenvalue weighted by atomic mass is 32.2. The van der Waals surface area contributed by atoms with Crippen LogP contribution >= 0.6 is 35.7 Å². The number of benzene rings is 6. The summed E-state index contributed by atoms with van der Waals surface area (Å²) in [6, 6.07) is 45.8. The molecular formula is C60H59N12O4S3+. The van der Waals surface area contributed by atoms with Gasteiger partial charge in [0.15, 0.2) is 11.6 Å². The Morgan fingerprint density at radius 1 is 0.671 bits per heavy atom. The van der Waals surface area contributed by atoms with Crippen LogP contribution in [0.25, 0.3) is 33.4 Å². The predicted molar refractivity (Wildman–Crippen MR) is 315 cm³/mol. The smallest absolute Gasteiger partial charge is 0.387 e. The Balaban J connectivity index is 0.000000178. The van der Waals surface area contributed by atoms with E-state index in [1.807, 2.05) is 141 Å². The number of anilines is 3. The number of hydrogen-bond acceptors (Lipinski definition) is 15. The average molecular weight is 1110 g/mol. The summed E-state index contributed by atoms with van der Waals surface area (Å²) in [6.45, 7) is 7.05. The molecule has 0 fully saturated rings. The fraction of sp³-hybridized carbons (Fsp3) is 0.200. The predicted octanol–water partition coefficient (Wildman–Crippen LogP) is 10.9. The van der Waals surface area contributed by atoms with Crippen molar-refractivity contribution in [3.8, 4) is 5.82 Å². The van der Waals surface area contributed by atoms with Crippen LogP contribution in [0.5, 0.6) is 0 Å². The van der Waals surface area contributed by atoms with E-state index in [2.05, 4.69) is 68.7 Å². The molecule has 0 saturated carbocycles. The first-order valence-electron chi connectivity index (χ1n) is 25.6. The Bertz CT molecular complexity index is 4040. The summed E-state index contributed by atoms with van der Waals surface area (Å²) >= 11 is 8.89. The Kier molecular flexibility index (Phi) is 16.4. The van der Waals surface area contributed by atoms with E-state index in [0.29, 0.717) is 53.3 Å². The normalized spacial score (nSPS) is 13.1. The molecule has 0 radical (unpaired) electrons. The van der Waals surface area contributed by atoms with Crippen LogP contribution in [-0.2, 0) is 31.1 Å². The molecule has 10 aromatic rings. The molecule has 400 valence electrons. The van der Waals surface area contributed by atoms with Crippen LogP contribution in [0.15, 0.2) is 188 Å². The van der Waals surface area contributed by atoms with E-state index in [9.17, 15) is 19.8 Å². The first-order chi connectivity index (χ1) is 38.2. The Morgan fingerprint density at radius 2 is 1.20 bits per heavy atom. The SMILES string of the molecule is CN(C)N(C1=CC(=O)CC(C)(C)C1)c1cccc2nc(NCc3ccccc3Sc3ccccc3CO)ncc12.Cc1c[n+]2c([nH]c1=O)[nH]c(=S)n2-c1nc(NCc2ccccc2Sc2ccccc2CO)nc2ccccc12. The first-order valence-corrected chi connectivity index (χ1v) is 27.7. The summed E-state index contributed by atoms with van der Waals surface area (Å²) in [5.41, 5.74) is 7.73. The largest absolute Gasteiger partial charge is 0.392 e. The fourth-order valence-corrected chi connectivity index (χ4v) is 11.9. The molecule has 1 aliphatic carbocycles. The van der Waals surface area contributed by atoms with Gasteiger partial charge in [-0.15, -0.1) is 9.20 Å². The highest BCUT2D eigenvalue weighted by molar-refractivity contribution is 7.99. The van der Waals surface area contributed by atoms with Crippen LogP contribution in [0.2, 0.25) is 0 Å². The summed E-state index contributed by atoms with van der Waals surface area (Å²) in [5, 5.41) is 32.1. The van der Waals surface area contributed by atoms with Crippen molar-refractivity contribution in [3.63, 3.8) is 0 Å². The molecule has 6 N–H and O–H groups in total. The van der Waals surface area contributed by atoms with Crippen molar-refractivity contribution >= 4 is 86.7 Å². The molecule has 16 nitrogen and oxygen atoms in total. The maximum Gasteiger partial charge on any atom is 0.387 e. The van der Waals surface area contributed by atoms with Gasteiger partial charge in [0.05, 0.1) is 35.5 Å². The number of allylic oxidation sites excluding steroid dienone is 2. The van der Waals surface area contributed by atoms with Crippen molar-refractivity contribution < 1.29 is 19.5 Å². The fourth-order valence-electron chi connectivity index (χ4n) is 9.50. The Hall–Kier alpha value is -8.04. The molecule has 19 heteroatoms. The van der Waals surface area contributed by atoms with Crippen molar-refractivity contribution in [1.82, 2.24) is 39.6 Å². The standard InChI is InChI=1S/C32H35N5O2S.C28H23N7O2S2/c1-32(2)17-24(16-25(39)18-32)37(36(3)4)28-13-9-12-27-26(28)20-34-31(35-27)33-19-22-10-5-7-14-29(22)40-30-15-8-6-11-23(30)21-38;1-17-15-34-27(32-25(17)37)33-28(38)35(34)24-20-10-4-5-11-21(20)30-26(31-24)29-14-18-8-2-6-12-22(18)39-23-13-7-3-9-19(23)16-36/h5-16,20,38H,17-19,21H2,1-4H3,(H,33,34,35);2-13,15,36H,14,16H2,1H3,(H2,29,30,31,32,33,37,38)/p+1. The number of hydrazine groups is 1. The van der Waals surface area contributed by atoms with Crippen molar-refractivity contribution in [2.45, 2.75) is 79.5 Å². The topological polar surface area (TPSA) is 197 Å². The number of fused-ring (bicyclic) bond motifs is 3. The molecule has 0 spiro atoms. The zero-order valence-electron chi connectivity index (χ0n) is 44.3. The van der Waals surface area contributed by atoms with Gasteiger partial charge in [-0.25, -0.2) is 29.9 Å². The van der Waals surface area contributed by atoms with E-state index in [1.54, 1.807) is 51.9 Å². The van der Waals surface area contributed by atoms with Gasteiger partial charge in [0.2, 0.25) is 11.9 Å². The lowest BCUT2D eigenvalue weighted by molar-refractivity contribution is -0.602. The molecule has 6 aromatic carbocycles. The number of nitrogens with zero attached hydrogens (tertiary/aromatic N) is 8. The van der Waals surface area contributed by atoms with Gasteiger partial charge < -0.3 is 20.8 Å². The molecule has 4 aromatic heterocycles. The van der Waals surface area contributed by atoms with Crippen LogP contribution in [0.3, 0.4) is 0 Å². The van der Waals surface area contributed by atoms with Gasteiger partial charge in [-0.2, -0.15) is 4.98 Å². The van der Waals surface area contributed by atoms with Crippen molar-refractivity contribution in [3.05, 3.63) is 207 Å². The maximum atomic E-state index is 12.5. The highest BCUT2D eigenvalue weighted by Crippen LogP contribution is 2.40. The van der Waals surface area contributed by atoms with E-state index in [-0.39, 0.29) is 30.0 Å². The van der Waals surface area contributed by atoms with Crippen LogP contribution in [0, 0.1) is 17.1 Å². The zero-order valence-corrected chi connectivity index (χ0v) is 46.7. The lowest BCUT2D eigenvalue weighted by Gasteiger charge is -2.39. The van der Waals surface area contributed by atoms with Crippen molar-refractivity contribution in [1.29, 1.82) is 0 Å². The summed E-state index contributed by atoms with van der Waals surface area (Å²) in [7, 11) is 3.97. The quantitative estimate of drug-likeness (QED) is 0.0303. The number of aromatic amines is 2. The van der Waals surface area contributed by atoms with E-state index in [0.717, 1.165) is 81.4 Å². The van der Waals surface area contributed by atoms with Gasteiger partial charge in [-0.1, -0.05) is 128 Å². The number of aromatic nitrogens is 8. The molecule has 11 rings (SSSR count). The first kappa shape index (κ1) is 54.3. The van der Waals surface area contributed by atoms with E-state index < -0.39 is 0 Å². The molecule has 79 heavy (non-hydrogen) atoms. The Labute approximate surface area is 470 Å². The number of para-hydroxylation sites is 1. The number of rotatable bonds is 16. The number of aryl methyl sites for hydroxylation is 1. The molecule has 0 aliphatic heterocycles. The van der Waals surface area contributed by atoms with E-state index >= 15 is 0 Å². The van der Waals surface area contributed by atoms with Crippen molar-refractivity contribution in [2.75, 3.05) is 29.7 Å². The zero-order chi connectivity index (χ0) is 55.2. The molecular weight excluding hydrogens is 1050 g/mol. The third kappa shape index (κ3) is 12.3. The van der Waals surface area contributed by atoms with Crippen LogP contribution in [0.4, 0.5) is 17.6 Å². The molecule has 0 amide bonds. The molecule has 0 bridgehead atoms. The summed E-state index contributed by atoms with van der Waals surface area (Å²) in [6.07, 6.45) is 6.71. The van der Waals surface area contributed by atoms with Gasteiger partial charge in [-0.3, -0.25) is 14.6 Å². The second-order valence-corrected chi connectivity index (χ2v) is 22.5. The number of hydrogen-bond donors (Lipinski definition) is 6. The summed E-state index contributed by atoms with van der Waals surface area (Å²) < 4.78 is 3.89. The maximum absolute atomic E-state index is 12.5. The Morgan fingerprint density at radius 3 is 1.81 bits per heavy atom. The van der Waals surface area contributed by atoms with E-state index in [1.165, 1.54) is 0 Å². The lowest BCUT2D eigenvalue weighted by Crippen LogP contribution is -2.40. The van der Waals surface area contributed by atoms with Crippen LogP contribution in [0.1, 0.15) is 54.5 Å². The van der Waals surface area contributed by atoms with Crippen molar-refractivity contribution in [2.24, 2.45) is 5.41 Å². The molecule has 0 saturated heterocycles. The average Bonchev–Trinajstić information content (AvgIpc) is 3.85. The molecule has 4 heterocycles. The third-order valence-electron chi connectivity index (χ3n) is 13.2.